The monoisotopic (exact) mass is 180 g/mol. The van der Waals surface area contributed by atoms with E-state index >= 15 is 0 Å². The fraction of sp³-hybridized carbons (Fsp3) is 0.200. The second kappa shape index (κ2) is 4.69. The van der Waals surface area contributed by atoms with Crippen LogP contribution >= 0.6 is 11.6 Å². The topological polar surface area (TPSA) is 9.23 Å². The Labute approximate surface area is 77.3 Å². The third-order valence-corrected chi connectivity index (χ3v) is 1.52. The highest BCUT2D eigenvalue weighted by Gasteiger charge is 1.91. The van der Waals surface area contributed by atoms with Gasteiger partial charge in [-0.2, -0.15) is 0 Å². The second-order valence-electron chi connectivity index (χ2n) is 2.21. The van der Waals surface area contributed by atoms with Gasteiger partial charge in [0.1, 0.15) is 12.4 Å². The summed E-state index contributed by atoms with van der Waals surface area (Å²) in [5.74, 6) is 3.83. The van der Waals surface area contributed by atoms with Crippen molar-refractivity contribution in [3.05, 3.63) is 29.8 Å². The predicted octanol–water partition coefficient (Wildman–Crippen LogP) is 2.29. The molecule has 0 aliphatic rings. The number of alkyl halides is 1. The van der Waals surface area contributed by atoms with Crippen molar-refractivity contribution in [3.8, 4) is 18.1 Å². The lowest BCUT2D eigenvalue weighted by Crippen LogP contribution is -1.97. The van der Waals surface area contributed by atoms with Gasteiger partial charge in [-0.1, -0.05) is 5.92 Å². The molecule has 1 rings (SSSR count). The highest BCUT2D eigenvalue weighted by Crippen LogP contribution is 2.11. The number of halogens is 1. The van der Waals surface area contributed by atoms with Crippen molar-refractivity contribution in [2.75, 3.05) is 12.5 Å². The first kappa shape index (κ1) is 8.96. The van der Waals surface area contributed by atoms with Crippen LogP contribution in [0.5, 0.6) is 5.75 Å². The van der Waals surface area contributed by atoms with Crippen molar-refractivity contribution in [2.24, 2.45) is 0 Å². The molecular weight excluding hydrogens is 172 g/mol. The van der Waals surface area contributed by atoms with E-state index in [0.717, 1.165) is 11.3 Å². The summed E-state index contributed by atoms with van der Waals surface area (Å²) in [6, 6.07) is 7.34. The third-order valence-electron chi connectivity index (χ3n) is 1.37. The SMILES string of the molecule is C#Cc1ccc(OCCCl)cc1. The van der Waals surface area contributed by atoms with Crippen LogP contribution in [0.1, 0.15) is 5.56 Å². The Bertz CT molecular complexity index is 271. The Morgan fingerprint density at radius 1 is 1.33 bits per heavy atom. The number of hydrogen-bond acceptors (Lipinski definition) is 1. The smallest absolute Gasteiger partial charge is 0.119 e. The summed E-state index contributed by atoms with van der Waals surface area (Å²) in [6.45, 7) is 0.525. The summed E-state index contributed by atoms with van der Waals surface area (Å²) in [5.41, 5.74) is 0.855. The molecule has 0 bridgehead atoms. The van der Waals surface area contributed by atoms with Gasteiger partial charge in [0.15, 0.2) is 0 Å². The van der Waals surface area contributed by atoms with Crippen molar-refractivity contribution >= 4 is 11.6 Å². The van der Waals surface area contributed by atoms with Gasteiger partial charge >= 0.3 is 0 Å². The maximum atomic E-state index is 5.45. The van der Waals surface area contributed by atoms with Crippen molar-refractivity contribution < 1.29 is 4.74 Å². The minimum absolute atomic E-state index is 0.497. The average molecular weight is 181 g/mol. The minimum Gasteiger partial charge on any atom is -0.492 e. The molecular formula is C10H9ClO. The summed E-state index contributed by atoms with van der Waals surface area (Å²) in [7, 11) is 0. The molecule has 0 spiro atoms. The Hall–Kier alpha value is -1.13. The first-order valence-electron chi connectivity index (χ1n) is 3.62. The maximum absolute atomic E-state index is 5.45. The molecule has 0 aliphatic heterocycles. The predicted molar refractivity (Wildman–Crippen MR) is 50.6 cm³/mol. The van der Waals surface area contributed by atoms with Crippen LogP contribution in [0.2, 0.25) is 0 Å². The Morgan fingerprint density at radius 2 is 2.00 bits per heavy atom. The van der Waals surface area contributed by atoms with Crippen LogP contribution in [-0.2, 0) is 0 Å². The second-order valence-corrected chi connectivity index (χ2v) is 2.58. The molecule has 0 radical (unpaired) electrons. The van der Waals surface area contributed by atoms with Crippen LogP contribution in [0.25, 0.3) is 0 Å². The van der Waals surface area contributed by atoms with Gasteiger partial charge in [0.25, 0.3) is 0 Å². The Kier molecular flexibility index (Phi) is 3.50. The Morgan fingerprint density at radius 3 is 2.50 bits per heavy atom. The first-order valence-corrected chi connectivity index (χ1v) is 4.15. The van der Waals surface area contributed by atoms with E-state index in [1.165, 1.54) is 0 Å². The van der Waals surface area contributed by atoms with Gasteiger partial charge in [-0.05, 0) is 24.3 Å². The molecule has 0 saturated carbocycles. The summed E-state index contributed by atoms with van der Waals surface area (Å²) >= 11 is 5.45. The van der Waals surface area contributed by atoms with Crippen LogP contribution in [-0.4, -0.2) is 12.5 Å². The van der Waals surface area contributed by atoms with Crippen molar-refractivity contribution in [2.45, 2.75) is 0 Å². The van der Waals surface area contributed by atoms with Crippen LogP contribution in [0.15, 0.2) is 24.3 Å². The zero-order valence-corrected chi connectivity index (χ0v) is 7.34. The molecule has 0 fully saturated rings. The van der Waals surface area contributed by atoms with Gasteiger partial charge in [-0.3, -0.25) is 0 Å². The molecule has 62 valence electrons. The van der Waals surface area contributed by atoms with E-state index in [-0.39, 0.29) is 0 Å². The highest BCUT2D eigenvalue weighted by atomic mass is 35.5. The number of hydrogen-bond donors (Lipinski definition) is 0. The number of terminal acetylenes is 1. The summed E-state index contributed by atoms with van der Waals surface area (Å²) in [4.78, 5) is 0. The molecule has 12 heavy (non-hydrogen) atoms. The van der Waals surface area contributed by atoms with Crippen molar-refractivity contribution in [3.63, 3.8) is 0 Å². The summed E-state index contributed by atoms with van der Waals surface area (Å²) < 4.78 is 5.25. The molecule has 1 nitrogen and oxygen atoms in total. The van der Waals surface area contributed by atoms with Crippen molar-refractivity contribution in [1.29, 1.82) is 0 Å². The molecule has 0 saturated heterocycles. The first-order chi connectivity index (χ1) is 5.86. The minimum atomic E-state index is 0.497. The van der Waals surface area contributed by atoms with Gasteiger partial charge in [0.05, 0.1) is 5.88 Å². The highest BCUT2D eigenvalue weighted by molar-refractivity contribution is 6.17. The largest absolute Gasteiger partial charge is 0.492 e. The molecule has 0 amide bonds. The van der Waals surface area contributed by atoms with E-state index in [2.05, 4.69) is 5.92 Å². The third kappa shape index (κ3) is 2.48. The standard InChI is InChI=1S/C10H9ClO/c1-2-9-3-5-10(6-4-9)12-8-7-11/h1,3-6H,7-8H2. The fourth-order valence-electron chi connectivity index (χ4n) is 0.804. The number of rotatable bonds is 3. The van der Waals surface area contributed by atoms with E-state index in [1.807, 2.05) is 24.3 Å². The molecule has 1 aromatic carbocycles. The van der Waals surface area contributed by atoms with Crippen LogP contribution in [0, 0.1) is 12.3 Å². The zero-order chi connectivity index (χ0) is 8.81. The Balaban J connectivity index is 2.60. The van der Waals surface area contributed by atoms with Gasteiger partial charge in [0, 0.05) is 5.56 Å². The van der Waals surface area contributed by atoms with Crippen molar-refractivity contribution in [1.82, 2.24) is 0 Å². The summed E-state index contributed by atoms with van der Waals surface area (Å²) in [6.07, 6.45) is 5.19. The molecule has 0 atom stereocenters. The lowest BCUT2D eigenvalue weighted by Gasteiger charge is -2.02. The van der Waals surface area contributed by atoms with E-state index in [1.54, 1.807) is 0 Å². The summed E-state index contributed by atoms with van der Waals surface area (Å²) in [5, 5.41) is 0. The maximum Gasteiger partial charge on any atom is 0.119 e. The van der Waals surface area contributed by atoms with Gasteiger partial charge in [0.2, 0.25) is 0 Å². The van der Waals surface area contributed by atoms with E-state index in [0.29, 0.717) is 12.5 Å². The van der Waals surface area contributed by atoms with Gasteiger partial charge in [-0.15, -0.1) is 18.0 Å². The number of benzene rings is 1. The molecule has 2 heteroatoms. The molecule has 0 heterocycles. The molecule has 0 unspecified atom stereocenters. The van der Waals surface area contributed by atoms with Gasteiger partial charge in [-0.25, -0.2) is 0 Å². The number of ether oxygens (including phenoxy) is 1. The van der Waals surface area contributed by atoms with E-state index < -0.39 is 0 Å². The normalized spacial score (nSPS) is 9.00. The zero-order valence-electron chi connectivity index (χ0n) is 6.59. The molecule has 0 aromatic heterocycles. The van der Waals surface area contributed by atoms with Crippen LogP contribution in [0.4, 0.5) is 0 Å². The molecule has 0 aliphatic carbocycles. The molecule has 1 aromatic rings. The quantitative estimate of drug-likeness (QED) is 0.512. The van der Waals surface area contributed by atoms with Gasteiger partial charge < -0.3 is 4.74 Å². The van der Waals surface area contributed by atoms with E-state index in [4.69, 9.17) is 22.8 Å². The van der Waals surface area contributed by atoms with E-state index in [9.17, 15) is 0 Å². The lowest BCUT2D eigenvalue weighted by molar-refractivity contribution is 0.343. The van der Waals surface area contributed by atoms with Crippen LogP contribution in [0.3, 0.4) is 0 Å². The fourth-order valence-corrected chi connectivity index (χ4v) is 0.881. The lowest BCUT2D eigenvalue weighted by atomic mass is 10.2. The molecule has 0 N–H and O–H groups in total. The van der Waals surface area contributed by atoms with Crippen LogP contribution < -0.4 is 4.74 Å². The average Bonchev–Trinajstić information content (AvgIpc) is 2.15.